The van der Waals surface area contributed by atoms with E-state index in [-0.39, 0.29) is 20.0 Å². The molecule has 1 N–H and O–H groups in total. The number of esters is 1. The van der Waals surface area contributed by atoms with E-state index in [1.54, 1.807) is 12.1 Å². The molecule has 0 radical (unpaired) electrons. The van der Waals surface area contributed by atoms with Gasteiger partial charge in [0.2, 0.25) is 0 Å². The van der Waals surface area contributed by atoms with Crippen LogP contribution < -0.4 is 4.57 Å². The Labute approximate surface area is 143 Å². The Morgan fingerprint density at radius 1 is 1.17 bits per heavy atom. The number of hydrogen-bond acceptors (Lipinski definition) is 2. The van der Waals surface area contributed by atoms with Crippen molar-refractivity contribution in [2.75, 3.05) is 0 Å². The lowest BCUT2D eigenvalue weighted by atomic mass is 10.0. The second kappa shape index (κ2) is 7.30. The van der Waals surface area contributed by atoms with E-state index in [4.69, 9.17) is 4.74 Å². The van der Waals surface area contributed by atoms with Crippen LogP contribution in [0.2, 0.25) is 0 Å². The number of ether oxygens (including phenoxy) is 1. The maximum Gasteiger partial charge on any atom is 0.338 e. The Morgan fingerprint density at radius 3 is 2.54 bits per heavy atom. The predicted molar refractivity (Wildman–Crippen MR) is 95.9 cm³/mol. The van der Waals surface area contributed by atoms with Gasteiger partial charge in [-0.3, -0.25) is 0 Å². The summed E-state index contributed by atoms with van der Waals surface area (Å²) < 4.78 is 7.26. The van der Waals surface area contributed by atoms with Gasteiger partial charge in [0.05, 0.1) is 11.3 Å². The molecule has 0 atom stereocenters. The molecule has 4 nitrogen and oxygen atoms in total. The number of rotatable bonds is 4. The topological polar surface area (TPSA) is 46.0 Å². The molecule has 2 aromatic heterocycles. The number of fused-ring (bicyclic) bond motifs is 1. The highest BCUT2D eigenvalue weighted by Crippen LogP contribution is 2.22. The van der Waals surface area contributed by atoms with Crippen LogP contribution >= 0.6 is 0 Å². The molecular weight excluding hydrogens is 300 g/mol. The molecule has 3 aromatic rings. The molecule has 126 valence electrons. The maximum absolute atomic E-state index is 12.0. The standard InChI is InChI=1S/C19H20N2O2.CH4/c1-13(2)15-4-5-18-16(10-15)11-17(20-18)12-23-19(22)14-6-8-21(3)9-7-14;/h4-11,13H,12H2,1-3H3;1H4/p+1. The predicted octanol–water partition coefficient (Wildman–Crippen LogP) is 4.11. The van der Waals surface area contributed by atoms with E-state index in [1.165, 1.54) is 5.56 Å². The zero-order valence-electron chi connectivity index (χ0n) is 13.7. The Bertz CT molecular complexity index is 832. The van der Waals surface area contributed by atoms with Gasteiger partial charge >= 0.3 is 5.97 Å². The fraction of sp³-hybridized carbons (Fsp3) is 0.300. The first-order valence-electron chi connectivity index (χ1n) is 7.77. The van der Waals surface area contributed by atoms with Gasteiger partial charge in [0.15, 0.2) is 12.4 Å². The molecule has 3 rings (SSSR count). The molecule has 4 heteroatoms. The van der Waals surface area contributed by atoms with Crippen molar-refractivity contribution in [1.82, 2.24) is 4.98 Å². The second-order valence-electron chi connectivity index (χ2n) is 6.12. The van der Waals surface area contributed by atoms with Crippen LogP contribution in [-0.4, -0.2) is 11.0 Å². The summed E-state index contributed by atoms with van der Waals surface area (Å²) in [4.78, 5) is 15.3. The summed E-state index contributed by atoms with van der Waals surface area (Å²) >= 11 is 0. The zero-order chi connectivity index (χ0) is 16.4. The quantitative estimate of drug-likeness (QED) is 0.579. The van der Waals surface area contributed by atoms with E-state index in [2.05, 4.69) is 37.0 Å². The first kappa shape index (κ1) is 17.7. The number of pyridine rings is 1. The van der Waals surface area contributed by atoms with E-state index >= 15 is 0 Å². The van der Waals surface area contributed by atoms with Crippen LogP contribution in [0.4, 0.5) is 0 Å². The van der Waals surface area contributed by atoms with Crippen molar-refractivity contribution in [2.24, 2.45) is 7.05 Å². The molecule has 2 heterocycles. The SMILES string of the molecule is C.CC(C)c1ccc2[nH]c(COC(=O)c3cc[n+](C)cc3)cc2c1. The molecule has 0 amide bonds. The lowest BCUT2D eigenvalue weighted by Crippen LogP contribution is -2.26. The van der Waals surface area contributed by atoms with Crippen LogP contribution in [0, 0.1) is 0 Å². The van der Waals surface area contributed by atoms with Gasteiger partial charge in [-0.1, -0.05) is 27.3 Å². The maximum atomic E-state index is 12.0. The number of hydrogen-bond donors (Lipinski definition) is 1. The van der Waals surface area contributed by atoms with Crippen LogP contribution in [0.1, 0.15) is 48.8 Å². The van der Waals surface area contributed by atoms with Crippen molar-refractivity contribution in [3.8, 4) is 0 Å². The molecular formula is C20H25N2O2+. The van der Waals surface area contributed by atoms with Crippen LogP contribution in [0.25, 0.3) is 10.9 Å². The molecule has 0 aliphatic heterocycles. The molecule has 0 spiro atoms. The summed E-state index contributed by atoms with van der Waals surface area (Å²) in [5, 5.41) is 1.15. The molecule has 0 aliphatic rings. The Hall–Kier alpha value is -2.62. The molecule has 0 bridgehead atoms. The summed E-state index contributed by atoms with van der Waals surface area (Å²) in [6, 6.07) is 11.9. The third kappa shape index (κ3) is 3.82. The number of H-pyrrole nitrogens is 1. The van der Waals surface area contributed by atoms with Gasteiger partial charge in [0, 0.05) is 23.0 Å². The molecule has 24 heavy (non-hydrogen) atoms. The van der Waals surface area contributed by atoms with Crippen molar-refractivity contribution in [3.05, 3.63) is 65.6 Å². The number of aromatic nitrogens is 2. The van der Waals surface area contributed by atoms with Gasteiger partial charge < -0.3 is 9.72 Å². The smallest absolute Gasteiger partial charge is 0.338 e. The number of aryl methyl sites for hydroxylation is 1. The minimum Gasteiger partial charge on any atom is -0.456 e. The molecule has 0 fully saturated rings. The van der Waals surface area contributed by atoms with Gasteiger partial charge in [-0.05, 0) is 29.7 Å². The van der Waals surface area contributed by atoms with Crippen LogP contribution in [0.15, 0.2) is 48.8 Å². The molecule has 0 unspecified atom stereocenters. The monoisotopic (exact) mass is 325 g/mol. The molecule has 0 saturated heterocycles. The number of benzene rings is 1. The number of carbonyl (C=O) groups is 1. The van der Waals surface area contributed by atoms with E-state index in [9.17, 15) is 4.79 Å². The minimum absolute atomic E-state index is 0. The van der Waals surface area contributed by atoms with Crippen molar-refractivity contribution in [3.63, 3.8) is 0 Å². The Balaban J connectivity index is 0.00000208. The van der Waals surface area contributed by atoms with Crippen molar-refractivity contribution >= 4 is 16.9 Å². The van der Waals surface area contributed by atoms with Crippen LogP contribution in [0.3, 0.4) is 0 Å². The first-order chi connectivity index (χ1) is 11.0. The highest BCUT2D eigenvalue weighted by atomic mass is 16.5. The lowest BCUT2D eigenvalue weighted by molar-refractivity contribution is -0.671. The van der Waals surface area contributed by atoms with Gasteiger partial charge in [-0.15, -0.1) is 0 Å². The summed E-state index contributed by atoms with van der Waals surface area (Å²) in [5.41, 5.74) is 3.82. The van der Waals surface area contributed by atoms with E-state index in [0.29, 0.717) is 11.5 Å². The average molecular weight is 325 g/mol. The number of carbonyl (C=O) groups excluding carboxylic acids is 1. The average Bonchev–Trinajstić information content (AvgIpc) is 2.95. The second-order valence-corrected chi connectivity index (χ2v) is 6.12. The third-order valence-corrected chi connectivity index (χ3v) is 3.94. The summed E-state index contributed by atoms with van der Waals surface area (Å²) in [6.07, 6.45) is 3.65. The Morgan fingerprint density at radius 2 is 1.88 bits per heavy atom. The largest absolute Gasteiger partial charge is 0.456 e. The number of nitrogens with one attached hydrogen (secondary N) is 1. The highest BCUT2D eigenvalue weighted by Gasteiger charge is 2.10. The summed E-state index contributed by atoms with van der Waals surface area (Å²) in [5.74, 6) is 0.183. The van der Waals surface area contributed by atoms with Crippen molar-refractivity contribution < 1.29 is 14.1 Å². The fourth-order valence-corrected chi connectivity index (χ4v) is 2.51. The van der Waals surface area contributed by atoms with E-state index in [1.807, 2.05) is 30.1 Å². The Kier molecular flexibility index (Phi) is 5.39. The molecule has 0 aliphatic carbocycles. The van der Waals surface area contributed by atoms with Crippen molar-refractivity contribution in [1.29, 1.82) is 0 Å². The number of aromatic amines is 1. The van der Waals surface area contributed by atoms with E-state index < -0.39 is 0 Å². The molecule has 1 aromatic carbocycles. The zero-order valence-corrected chi connectivity index (χ0v) is 13.7. The highest BCUT2D eigenvalue weighted by molar-refractivity contribution is 5.89. The molecule has 0 saturated carbocycles. The van der Waals surface area contributed by atoms with Gasteiger partial charge in [-0.25, -0.2) is 9.36 Å². The fourth-order valence-electron chi connectivity index (χ4n) is 2.51. The van der Waals surface area contributed by atoms with Crippen molar-refractivity contribution in [2.45, 2.75) is 33.8 Å². The van der Waals surface area contributed by atoms with Gasteiger partial charge in [0.25, 0.3) is 0 Å². The minimum atomic E-state index is -0.313. The van der Waals surface area contributed by atoms with Crippen LogP contribution in [0.5, 0.6) is 0 Å². The van der Waals surface area contributed by atoms with Gasteiger partial charge in [0.1, 0.15) is 13.7 Å². The van der Waals surface area contributed by atoms with Gasteiger partial charge in [-0.2, -0.15) is 0 Å². The normalized spacial score (nSPS) is 10.7. The number of nitrogens with zero attached hydrogens (tertiary/aromatic N) is 1. The van der Waals surface area contributed by atoms with Crippen LogP contribution in [-0.2, 0) is 18.4 Å². The third-order valence-electron chi connectivity index (χ3n) is 3.94. The van der Waals surface area contributed by atoms with E-state index in [0.717, 1.165) is 16.6 Å². The lowest BCUT2D eigenvalue weighted by Gasteiger charge is -2.03. The summed E-state index contributed by atoms with van der Waals surface area (Å²) in [6.45, 7) is 4.60. The first-order valence-corrected chi connectivity index (χ1v) is 7.77. The summed E-state index contributed by atoms with van der Waals surface area (Å²) in [7, 11) is 1.91.